The largest absolute Gasteiger partial charge is 0.573 e. The lowest BCUT2D eigenvalue weighted by atomic mass is 10.1. The third-order valence-corrected chi connectivity index (χ3v) is 4.50. The maximum absolute atomic E-state index is 12.5. The van der Waals surface area contributed by atoms with Crippen molar-refractivity contribution in [1.29, 1.82) is 0 Å². The Kier molecular flexibility index (Phi) is 6.78. The van der Waals surface area contributed by atoms with E-state index in [9.17, 15) is 26.7 Å². The van der Waals surface area contributed by atoms with E-state index in [1.807, 2.05) is 0 Å². The van der Waals surface area contributed by atoms with Gasteiger partial charge in [0, 0.05) is 23.7 Å². The van der Waals surface area contributed by atoms with Gasteiger partial charge in [0.15, 0.2) is 0 Å². The predicted octanol–water partition coefficient (Wildman–Crippen LogP) is 3.34. The molecule has 0 aliphatic carbocycles. The van der Waals surface area contributed by atoms with Crippen LogP contribution < -0.4 is 20.1 Å². The number of nitrogens with two attached hydrogens (primary N) is 1. The number of aromatic nitrogens is 1. The van der Waals surface area contributed by atoms with Gasteiger partial charge in [-0.2, -0.15) is 8.78 Å². The molecule has 2 atom stereocenters. The highest BCUT2D eigenvalue weighted by Gasteiger charge is 2.35. The van der Waals surface area contributed by atoms with Crippen LogP contribution in [0.25, 0.3) is 0 Å². The molecule has 2 heterocycles. The molecule has 0 bridgehead atoms. The van der Waals surface area contributed by atoms with Crippen molar-refractivity contribution in [1.82, 2.24) is 4.98 Å². The molecule has 0 unspecified atom stereocenters. The number of nitrogens with zero attached hydrogens (tertiary/aromatic N) is 2. The van der Waals surface area contributed by atoms with E-state index in [-0.39, 0.29) is 19.0 Å². The number of pyridine rings is 1. The van der Waals surface area contributed by atoms with Crippen LogP contribution in [0.4, 0.5) is 27.6 Å². The van der Waals surface area contributed by atoms with E-state index in [4.69, 9.17) is 10.5 Å². The molecular weight excluding hydrogens is 429 g/mol. The smallest absolute Gasteiger partial charge is 0.472 e. The number of hydrogen-bond donors (Lipinski definition) is 1. The summed E-state index contributed by atoms with van der Waals surface area (Å²) >= 11 is 0. The summed E-state index contributed by atoms with van der Waals surface area (Å²) in [5.74, 6) is -1.04. The summed E-state index contributed by atoms with van der Waals surface area (Å²) in [5, 5.41) is 0. The quantitative estimate of drug-likeness (QED) is 0.625. The first-order chi connectivity index (χ1) is 14.6. The maximum atomic E-state index is 12.5. The minimum Gasteiger partial charge on any atom is -0.472 e. The van der Waals surface area contributed by atoms with Crippen LogP contribution in [0.3, 0.4) is 0 Å². The number of alkyl halides is 5. The topological polar surface area (TPSA) is 86.9 Å². The van der Waals surface area contributed by atoms with Gasteiger partial charge < -0.3 is 24.8 Å². The van der Waals surface area contributed by atoms with Gasteiger partial charge in [0.2, 0.25) is 11.8 Å². The fourth-order valence-electron chi connectivity index (χ4n) is 3.24. The SMILES string of the molecule is NC(=O)c1ccc(N2C[C@@H](Oc3ccc(OC(F)(F)F)cn3)C[C@H]2COC(F)F)cc1. The van der Waals surface area contributed by atoms with E-state index in [1.165, 1.54) is 18.2 Å². The summed E-state index contributed by atoms with van der Waals surface area (Å²) in [4.78, 5) is 16.8. The molecule has 3 rings (SSSR count). The van der Waals surface area contributed by atoms with E-state index in [0.29, 0.717) is 17.7 Å². The molecule has 0 spiro atoms. The second-order valence-electron chi connectivity index (χ2n) is 6.67. The van der Waals surface area contributed by atoms with Crippen molar-refractivity contribution < 1.29 is 41.0 Å². The van der Waals surface area contributed by atoms with Crippen molar-refractivity contribution in [2.45, 2.75) is 31.5 Å². The van der Waals surface area contributed by atoms with Crippen molar-refractivity contribution in [3.8, 4) is 11.6 Å². The molecule has 1 aromatic heterocycles. The summed E-state index contributed by atoms with van der Waals surface area (Å²) in [6.45, 7) is -2.95. The minimum absolute atomic E-state index is 0.0546. The Hall–Kier alpha value is -3.15. The number of anilines is 1. The van der Waals surface area contributed by atoms with Gasteiger partial charge in [-0.05, 0) is 30.3 Å². The summed E-state index contributed by atoms with van der Waals surface area (Å²) in [7, 11) is 0. The Morgan fingerprint density at radius 2 is 1.90 bits per heavy atom. The van der Waals surface area contributed by atoms with Gasteiger partial charge in [0.1, 0.15) is 11.9 Å². The van der Waals surface area contributed by atoms with E-state index >= 15 is 0 Å². The molecule has 0 saturated carbocycles. The second kappa shape index (κ2) is 9.33. The molecule has 12 heteroatoms. The van der Waals surface area contributed by atoms with E-state index in [0.717, 1.165) is 12.3 Å². The van der Waals surface area contributed by atoms with Crippen molar-refractivity contribution in [3.63, 3.8) is 0 Å². The zero-order chi connectivity index (χ0) is 22.6. The van der Waals surface area contributed by atoms with Crippen molar-refractivity contribution in [2.24, 2.45) is 5.73 Å². The van der Waals surface area contributed by atoms with Crippen LogP contribution in [0.15, 0.2) is 42.6 Å². The summed E-state index contributed by atoms with van der Waals surface area (Å²) < 4.78 is 75.7. The van der Waals surface area contributed by atoms with Crippen molar-refractivity contribution >= 4 is 11.6 Å². The molecule has 168 valence electrons. The third kappa shape index (κ3) is 6.41. The van der Waals surface area contributed by atoms with Gasteiger partial charge in [-0.25, -0.2) is 4.98 Å². The molecule has 2 aromatic rings. The average molecular weight is 447 g/mol. The first-order valence-corrected chi connectivity index (χ1v) is 9.05. The Labute approximate surface area is 173 Å². The summed E-state index contributed by atoms with van der Waals surface area (Å²) in [6.07, 6.45) is -4.16. The number of ether oxygens (including phenoxy) is 3. The number of amides is 1. The second-order valence-corrected chi connectivity index (χ2v) is 6.67. The highest BCUT2D eigenvalue weighted by molar-refractivity contribution is 5.93. The Bertz CT molecular complexity index is 878. The van der Waals surface area contributed by atoms with Gasteiger partial charge in [0.25, 0.3) is 0 Å². The average Bonchev–Trinajstić information content (AvgIpc) is 3.09. The molecule has 1 amide bonds. The van der Waals surface area contributed by atoms with Crippen LogP contribution in [0.1, 0.15) is 16.8 Å². The number of rotatable bonds is 8. The normalized spacial score (nSPS) is 19.0. The summed E-state index contributed by atoms with van der Waals surface area (Å²) in [6, 6.07) is 8.08. The molecular formula is C19H18F5N3O4. The molecule has 2 N–H and O–H groups in total. The van der Waals surface area contributed by atoms with Crippen LogP contribution in [0, 0.1) is 0 Å². The molecule has 1 aliphatic heterocycles. The highest BCUT2D eigenvalue weighted by Crippen LogP contribution is 2.30. The molecule has 0 radical (unpaired) electrons. The molecule has 1 aromatic carbocycles. The van der Waals surface area contributed by atoms with Crippen LogP contribution in [-0.4, -0.2) is 49.2 Å². The van der Waals surface area contributed by atoms with Gasteiger partial charge in [0.05, 0.1) is 25.4 Å². The van der Waals surface area contributed by atoms with Crippen molar-refractivity contribution in [2.75, 3.05) is 18.1 Å². The van der Waals surface area contributed by atoms with Crippen molar-refractivity contribution in [3.05, 3.63) is 48.2 Å². The number of carbonyl (C=O) groups excluding carboxylic acids is 1. The Balaban J connectivity index is 1.69. The number of benzene rings is 1. The van der Waals surface area contributed by atoms with Crippen LogP contribution >= 0.6 is 0 Å². The lowest BCUT2D eigenvalue weighted by Gasteiger charge is -2.26. The highest BCUT2D eigenvalue weighted by atomic mass is 19.4. The Morgan fingerprint density at radius 1 is 1.19 bits per heavy atom. The molecule has 31 heavy (non-hydrogen) atoms. The first kappa shape index (κ1) is 22.5. The third-order valence-electron chi connectivity index (χ3n) is 4.50. The van der Waals surface area contributed by atoms with E-state index in [1.54, 1.807) is 17.0 Å². The first-order valence-electron chi connectivity index (χ1n) is 9.05. The lowest BCUT2D eigenvalue weighted by molar-refractivity contribution is -0.274. The predicted molar refractivity (Wildman–Crippen MR) is 98.0 cm³/mol. The number of primary amides is 1. The standard InChI is InChI=1S/C19H18F5N3O4/c20-18(21)29-10-13-7-15(9-27(13)12-3-1-11(2-4-12)17(25)28)30-16-6-5-14(8-26-16)31-19(22,23)24/h1-6,8,13,15,18H,7,9-10H2,(H2,25,28)/t13-,15-/m0/s1. The van der Waals surface area contributed by atoms with E-state index < -0.39 is 36.8 Å². The number of carbonyl (C=O) groups is 1. The van der Waals surface area contributed by atoms with Gasteiger partial charge in [-0.3, -0.25) is 4.79 Å². The summed E-state index contributed by atoms with van der Waals surface area (Å²) in [5.41, 5.74) is 6.16. The van der Waals surface area contributed by atoms with E-state index in [2.05, 4.69) is 14.5 Å². The fraction of sp³-hybridized carbons (Fsp3) is 0.368. The fourth-order valence-corrected chi connectivity index (χ4v) is 3.24. The molecule has 1 fully saturated rings. The lowest BCUT2D eigenvalue weighted by Crippen LogP contribution is -2.34. The minimum atomic E-state index is -4.84. The van der Waals surface area contributed by atoms with Gasteiger partial charge in [-0.1, -0.05) is 0 Å². The van der Waals surface area contributed by atoms with Gasteiger partial charge >= 0.3 is 13.0 Å². The molecule has 1 saturated heterocycles. The zero-order valence-electron chi connectivity index (χ0n) is 15.9. The molecule has 7 nitrogen and oxygen atoms in total. The Morgan fingerprint density at radius 3 is 2.45 bits per heavy atom. The van der Waals surface area contributed by atoms with Crippen LogP contribution in [0.5, 0.6) is 11.6 Å². The molecule has 1 aliphatic rings. The maximum Gasteiger partial charge on any atom is 0.573 e. The van der Waals surface area contributed by atoms with Crippen LogP contribution in [0.2, 0.25) is 0 Å². The van der Waals surface area contributed by atoms with Crippen LogP contribution in [-0.2, 0) is 4.74 Å². The zero-order valence-corrected chi connectivity index (χ0v) is 15.9. The number of hydrogen-bond acceptors (Lipinski definition) is 6. The van der Waals surface area contributed by atoms with Gasteiger partial charge in [-0.15, -0.1) is 13.2 Å². The number of halogens is 5. The monoisotopic (exact) mass is 447 g/mol.